The average Bonchev–Trinajstić information content (AvgIpc) is 2.78. The summed E-state index contributed by atoms with van der Waals surface area (Å²) in [6, 6.07) is 14.3. The van der Waals surface area contributed by atoms with E-state index in [1.54, 1.807) is 39.0 Å². The molecule has 2 aromatic carbocycles. The standard InChI is InChI=1S/C29H40N2O7/c1-28(2,3)37-23-14-10-13-21(25(23)36-24(32)15-16-30)18-31(27(35)38-29(4,5)6)19-22(26(33)34)17-20-11-8-7-9-12-20/h7-14,22H,15-19,30H2,1-6H3,(H,33,34)/t22-/m1/s1. The molecule has 2 rings (SSSR count). The van der Waals surface area contributed by atoms with Gasteiger partial charge < -0.3 is 30.0 Å². The molecule has 3 N–H and O–H groups in total. The molecule has 0 saturated heterocycles. The van der Waals surface area contributed by atoms with Crippen LogP contribution in [-0.2, 0) is 27.3 Å². The molecule has 2 aromatic rings. The third-order valence-electron chi connectivity index (χ3n) is 5.17. The van der Waals surface area contributed by atoms with Crippen LogP contribution in [-0.4, -0.2) is 52.3 Å². The summed E-state index contributed by atoms with van der Waals surface area (Å²) in [5.41, 5.74) is 5.43. The number of nitrogens with zero attached hydrogens (tertiary/aromatic N) is 1. The minimum atomic E-state index is -1.04. The van der Waals surface area contributed by atoms with E-state index in [9.17, 15) is 19.5 Å². The van der Waals surface area contributed by atoms with Crippen molar-refractivity contribution in [3.05, 3.63) is 59.7 Å². The number of nitrogens with two attached hydrogens (primary N) is 1. The summed E-state index contributed by atoms with van der Waals surface area (Å²) in [6.07, 6.45) is -0.462. The molecule has 0 fully saturated rings. The quantitative estimate of drug-likeness (QED) is 0.314. The van der Waals surface area contributed by atoms with Crippen LogP contribution in [0.4, 0.5) is 4.79 Å². The summed E-state index contributed by atoms with van der Waals surface area (Å²) in [4.78, 5) is 39.2. The molecule has 9 heteroatoms. The number of esters is 1. The highest BCUT2D eigenvalue weighted by Gasteiger charge is 2.30. The molecular formula is C29H40N2O7. The van der Waals surface area contributed by atoms with Crippen LogP contribution in [0.25, 0.3) is 0 Å². The van der Waals surface area contributed by atoms with Crippen LogP contribution in [0.3, 0.4) is 0 Å². The number of amides is 1. The van der Waals surface area contributed by atoms with Gasteiger partial charge in [-0.3, -0.25) is 9.59 Å². The number of carboxylic acids is 1. The predicted molar refractivity (Wildman–Crippen MR) is 144 cm³/mol. The first-order valence-corrected chi connectivity index (χ1v) is 12.6. The zero-order valence-corrected chi connectivity index (χ0v) is 23.2. The van der Waals surface area contributed by atoms with Gasteiger partial charge in [-0.2, -0.15) is 0 Å². The SMILES string of the molecule is CC(C)(C)OC(=O)N(Cc1cccc(OC(C)(C)C)c1OC(=O)CCN)C[C@@H](Cc1ccccc1)C(=O)O. The summed E-state index contributed by atoms with van der Waals surface area (Å²) in [5.74, 6) is -2.01. The first kappa shape index (κ1) is 30.6. The molecule has 0 heterocycles. The van der Waals surface area contributed by atoms with E-state index >= 15 is 0 Å². The van der Waals surface area contributed by atoms with Crippen LogP contribution >= 0.6 is 0 Å². The van der Waals surface area contributed by atoms with E-state index in [0.29, 0.717) is 11.3 Å². The van der Waals surface area contributed by atoms with Gasteiger partial charge in [0.2, 0.25) is 0 Å². The van der Waals surface area contributed by atoms with E-state index in [1.807, 2.05) is 51.1 Å². The molecule has 0 aliphatic carbocycles. The molecule has 38 heavy (non-hydrogen) atoms. The number of carboxylic acid groups (broad SMARTS) is 1. The van der Waals surface area contributed by atoms with Crippen molar-refractivity contribution in [2.24, 2.45) is 11.7 Å². The maximum atomic E-state index is 13.3. The highest BCUT2D eigenvalue weighted by atomic mass is 16.6. The van der Waals surface area contributed by atoms with Crippen LogP contribution in [0.1, 0.15) is 59.1 Å². The lowest BCUT2D eigenvalue weighted by atomic mass is 9.98. The summed E-state index contributed by atoms with van der Waals surface area (Å²) in [5, 5.41) is 9.99. The fourth-order valence-electron chi connectivity index (χ4n) is 3.62. The summed E-state index contributed by atoms with van der Waals surface area (Å²) in [6.45, 7) is 10.7. The maximum Gasteiger partial charge on any atom is 0.410 e. The number of carbonyl (C=O) groups is 3. The van der Waals surface area contributed by atoms with Gasteiger partial charge in [0.15, 0.2) is 11.5 Å². The molecular weight excluding hydrogens is 488 g/mol. The Balaban J connectivity index is 2.48. The first-order chi connectivity index (χ1) is 17.7. The monoisotopic (exact) mass is 528 g/mol. The molecule has 0 aliphatic rings. The second kappa shape index (κ2) is 13.3. The van der Waals surface area contributed by atoms with E-state index in [0.717, 1.165) is 5.56 Å². The Morgan fingerprint density at radius 3 is 2.16 bits per heavy atom. The molecule has 0 aromatic heterocycles. The van der Waals surface area contributed by atoms with Gasteiger partial charge in [0.1, 0.15) is 11.2 Å². The molecule has 9 nitrogen and oxygen atoms in total. The smallest absolute Gasteiger partial charge is 0.410 e. The zero-order chi connectivity index (χ0) is 28.5. The lowest BCUT2D eigenvalue weighted by Gasteiger charge is -2.30. The summed E-state index contributed by atoms with van der Waals surface area (Å²) < 4.78 is 17.3. The van der Waals surface area contributed by atoms with E-state index < -0.39 is 35.2 Å². The molecule has 1 atom stereocenters. The van der Waals surface area contributed by atoms with E-state index in [4.69, 9.17) is 19.9 Å². The van der Waals surface area contributed by atoms with Crippen molar-refractivity contribution in [3.8, 4) is 11.5 Å². The van der Waals surface area contributed by atoms with Crippen molar-refractivity contribution in [1.82, 2.24) is 4.90 Å². The van der Waals surface area contributed by atoms with Gasteiger partial charge in [0.25, 0.3) is 0 Å². The number of para-hydroxylation sites is 1. The second-order valence-corrected chi connectivity index (χ2v) is 11.1. The number of aliphatic carboxylic acids is 1. The number of hydrogen-bond donors (Lipinski definition) is 2. The topological polar surface area (TPSA) is 128 Å². The number of rotatable bonds is 11. The Morgan fingerprint density at radius 2 is 1.61 bits per heavy atom. The maximum absolute atomic E-state index is 13.3. The van der Waals surface area contributed by atoms with Crippen molar-refractivity contribution in [3.63, 3.8) is 0 Å². The molecule has 0 spiro atoms. The second-order valence-electron chi connectivity index (χ2n) is 11.1. The predicted octanol–water partition coefficient (Wildman–Crippen LogP) is 4.80. The van der Waals surface area contributed by atoms with Crippen LogP contribution < -0.4 is 15.2 Å². The fraction of sp³-hybridized carbons (Fsp3) is 0.483. The molecule has 0 bridgehead atoms. The lowest BCUT2D eigenvalue weighted by Crippen LogP contribution is -2.41. The average molecular weight is 529 g/mol. The molecule has 1 amide bonds. The Morgan fingerprint density at radius 1 is 0.947 bits per heavy atom. The number of ether oxygens (including phenoxy) is 3. The lowest BCUT2D eigenvalue weighted by molar-refractivity contribution is -0.142. The van der Waals surface area contributed by atoms with Crippen molar-refractivity contribution in [2.75, 3.05) is 13.1 Å². The third-order valence-corrected chi connectivity index (χ3v) is 5.17. The van der Waals surface area contributed by atoms with Gasteiger partial charge in [0.05, 0.1) is 18.9 Å². The molecule has 0 saturated carbocycles. The Bertz CT molecular complexity index is 1090. The Labute approximate surface area is 224 Å². The minimum Gasteiger partial charge on any atom is -0.484 e. The number of benzene rings is 2. The molecule has 0 aliphatic heterocycles. The van der Waals surface area contributed by atoms with Crippen LogP contribution in [0.15, 0.2) is 48.5 Å². The van der Waals surface area contributed by atoms with E-state index in [1.165, 1.54) is 4.90 Å². The Hall–Kier alpha value is -3.59. The Kier molecular flexibility index (Phi) is 10.7. The minimum absolute atomic E-state index is 0.00274. The fourth-order valence-corrected chi connectivity index (χ4v) is 3.62. The normalized spacial score (nSPS) is 12.4. The highest BCUT2D eigenvalue weighted by Crippen LogP contribution is 2.35. The summed E-state index contributed by atoms with van der Waals surface area (Å²) >= 11 is 0. The van der Waals surface area contributed by atoms with Crippen LogP contribution in [0, 0.1) is 5.92 Å². The van der Waals surface area contributed by atoms with Crippen molar-refractivity contribution >= 4 is 18.0 Å². The molecule has 0 unspecified atom stereocenters. The van der Waals surface area contributed by atoms with Gasteiger partial charge in [-0.05, 0) is 59.6 Å². The van der Waals surface area contributed by atoms with E-state index in [-0.39, 0.29) is 38.2 Å². The van der Waals surface area contributed by atoms with Crippen molar-refractivity contribution in [1.29, 1.82) is 0 Å². The van der Waals surface area contributed by atoms with Crippen molar-refractivity contribution < 1.29 is 33.7 Å². The number of carbonyl (C=O) groups excluding carboxylic acids is 2. The van der Waals surface area contributed by atoms with Gasteiger partial charge in [-0.1, -0.05) is 42.5 Å². The highest BCUT2D eigenvalue weighted by molar-refractivity contribution is 5.75. The van der Waals surface area contributed by atoms with E-state index in [2.05, 4.69) is 0 Å². The van der Waals surface area contributed by atoms with Crippen LogP contribution in [0.2, 0.25) is 0 Å². The van der Waals surface area contributed by atoms with Crippen molar-refractivity contribution in [2.45, 2.75) is 72.1 Å². The number of hydrogen-bond acceptors (Lipinski definition) is 7. The zero-order valence-electron chi connectivity index (χ0n) is 23.2. The molecule has 208 valence electrons. The van der Waals surface area contributed by atoms with Crippen LogP contribution in [0.5, 0.6) is 11.5 Å². The first-order valence-electron chi connectivity index (χ1n) is 12.6. The largest absolute Gasteiger partial charge is 0.484 e. The van der Waals surface area contributed by atoms with Gasteiger partial charge >= 0.3 is 18.0 Å². The van der Waals surface area contributed by atoms with Gasteiger partial charge in [0, 0.05) is 18.7 Å². The van der Waals surface area contributed by atoms with Gasteiger partial charge in [-0.15, -0.1) is 0 Å². The third kappa shape index (κ3) is 10.4. The molecule has 0 radical (unpaired) electrons. The van der Waals surface area contributed by atoms with Gasteiger partial charge in [-0.25, -0.2) is 4.79 Å². The summed E-state index contributed by atoms with van der Waals surface area (Å²) in [7, 11) is 0.